The topological polar surface area (TPSA) is 176 Å². The van der Waals surface area contributed by atoms with Crippen molar-refractivity contribution in [3.05, 3.63) is 0 Å². The SMILES string of the molecule is CCCCCCCCCCCCCC(=O)OC[C@H](COP(=O)(O)OC[C@H]([NH3+])C(=O)[O-])OC(=O)CCCCCCCCCCCCC. The van der Waals surface area contributed by atoms with E-state index in [0.717, 1.165) is 38.5 Å². The van der Waals surface area contributed by atoms with E-state index in [-0.39, 0.29) is 19.4 Å². The number of carbonyl (C=O) groups excluding carboxylic acids is 3. The lowest BCUT2D eigenvalue weighted by Crippen LogP contribution is -2.70. The Morgan fingerprint density at radius 2 is 0.978 bits per heavy atom. The molecule has 0 aliphatic carbocycles. The molecule has 0 aliphatic rings. The summed E-state index contributed by atoms with van der Waals surface area (Å²) in [7, 11) is -4.68. The van der Waals surface area contributed by atoms with Gasteiger partial charge in [0.2, 0.25) is 0 Å². The number of esters is 2. The van der Waals surface area contributed by atoms with Crippen LogP contribution in [0, 0.1) is 0 Å². The molecule has 0 heterocycles. The van der Waals surface area contributed by atoms with Crippen molar-refractivity contribution in [3.63, 3.8) is 0 Å². The standard InChI is InChI=1S/C34H66NO10P/c1-3-5-7-9-11-13-15-17-19-21-23-25-32(36)42-27-30(28-43-46(40,41)44-29-31(35)34(38)39)45-33(37)26-24-22-20-18-16-14-12-10-8-6-4-2/h30-31H,3-29,35H2,1-2H3,(H,38,39)(H,40,41)/t30-,31+/m1/s1. The van der Waals surface area contributed by atoms with Crippen LogP contribution in [-0.2, 0) is 37.5 Å². The van der Waals surface area contributed by atoms with Crippen LogP contribution >= 0.6 is 7.82 Å². The van der Waals surface area contributed by atoms with E-state index in [1.165, 1.54) is 89.9 Å². The average Bonchev–Trinajstić information content (AvgIpc) is 3.02. The van der Waals surface area contributed by atoms with Crippen LogP contribution in [0.15, 0.2) is 0 Å². The molecule has 0 bridgehead atoms. The van der Waals surface area contributed by atoms with E-state index in [2.05, 4.69) is 24.1 Å². The molecular weight excluding hydrogens is 613 g/mol. The maximum Gasteiger partial charge on any atom is 0.472 e. The third kappa shape index (κ3) is 29.9. The van der Waals surface area contributed by atoms with Crippen molar-refractivity contribution in [2.75, 3.05) is 19.8 Å². The van der Waals surface area contributed by atoms with E-state index in [9.17, 15) is 28.9 Å². The van der Waals surface area contributed by atoms with E-state index < -0.39 is 51.1 Å². The molecule has 0 rings (SSSR count). The smallest absolute Gasteiger partial charge is 0.472 e. The minimum Gasteiger partial charge on any atom is -0.544 e. The van der Waals surface area contributed by atoms with Crippen molar-refractivity contribution in [1.82, 2.24) is 0 Å². The van der Waals surface area contributed by atoms with Gasteiger partial charge >= 0.3 is 19.8 Å². The third-order valence-electron chi connectivity index (χ3n) is 7.89. The monoisotopic (exact) mass is 679 g/mol. The molecule has 46 heavy (non-hydrogen) atoms. The summed E-state index contributed by atoms with van der Waals surface area (Å²) in [5, 5.41) is 10.8. The number of unbranched alkanes of at least 4 members (excludes halogenated alkanes) is 20. The molecule has 4 N–H and O–H groups in total. The fourth-order valence-corrected chi connectivity index (χ4v) is 5.75. The highest BCUT2D eigenvalue weighted by Gasteiger charge is 2.27. The molecule has 0 aromatic heterocycles. The van der Waals surface area contributed by atoms with E-state index in [1.54, 1.807) is 0 Å². The van der Waals surface area contributed by atoms with Crippen molar-refractivity contribution in [3.8, 4) is 0 Å². The number of phosphoric acid groups is 1. The van der Waals surface area contributed by atoms with Gasteiger partial charge in [0.1, 0.15) is 25.2 Å². The van der Waals surface area contributed by atoms with Gasteiger partial charge in [-0.1, -0.05) is 142 Å². The average molecular weight is 680 g/mol. The number of rotatable bonds is 34. The number of carboxylic acids is 1. The zero-order valence-electron chi connectivity index (χ0n) is 29.0. The third-order valence-corrected chi connectivity index (χ3v) is 8.84. The molecule has 0 amide bonds. The zero-order valence-corrected chi connectivity index (χ0v) is 29.9. The largest absolute Gasteiger partial charge is 0.544 e. The van der Waals surface area contributed by atoms with Gasteiger partial charge in [0, 0.05) is 12.8 Å². The number of phosphoric ester groups is 1. The van der Waals surface area contributed by atoms with Gasteiger partial charge in [-0.05, 0) is 12.8 Å². The summed E-state index contributed by atoms with van der Waals surface area (Å²) >= 11 is 0. The molecule has 0 radical (unpaired) electrons. The van der Waals surface area contributed by atoms with E-state index in [1.807, 2.05) is 0 Å². The van der Waals surface area contributed by atoms with Gasteiger partial charge in [0.25, 0.3) is 0 Å². The summed E-state index contributed by atoms with van der Waals surface area (Å²) in [5.74, 6) is -2.51. The van der Waals surface area contributed by atoms with Crippen molar-refractivity contribution >= 4 is 25.7 Å². The van der Waals surface area contributed by atoms with Gasteiger partial charge in [-0.15, -0.1) is 0 Å². The highest BCUT2D eigenvalue weighted by Crippen LogP contribution is 2.43. The molecule has 0 spiro atoms. The Balaban J connectivity index is 4.46. The number of hydrogen-bond acceptors (Lipinski definition) is 9. The first kappa shape index (κ1) is 44.5. The Kier molecular flexibility index (Phi) is 29.8. The van der Waals surface area contributed by atoms with Crippen molar-refractivity contribution in [2.45, 2.75) is 180 Å². The second-order valence-corrected chi connectivity index (χ2v) is 13.9. The fraction of sp³-hybridized carbons (Fsp3) is 0.912. The van der Waals surface area contributed by atoms with Gasteiger partial charge in [0.15, 0.2) is 6.10 Å². The van der Waals surface area contributed by atoms with E-state index in [0.29, 0.717) is 12.8 Å². The van der Waals surface area contributed by atoms with Crippen LogP contribution in [0.5, 0.6) is 0 Å². The number of hydrogen-bond donors (Lipinski definition) is 2. The van der Waals surface area contributed by atoms with Gasteiger partial charge in [0.05, 0.1) is 6.61 Å². The Hall–Kier alpha value is -1.52. The highest BCUT2D eigenvalue weighted by atomic mass is 31.2. The molecule has 0 aromatic carbocycles. The van der Waals surface area contributed by atoms with Crippen LogP contribution < -0.4 is 10.8 Å². The summed E-state index contributed by atoms with van der Waals surface area (Å²) < 4.78 is 32.5. The van der Waals surface area contributed by atoms with Gasteiger partial charge in [-0.25, -0.2) is 4.57 Å². The first-order valence-corrected chi connectivity index (χ1v) is 19.6. The second kappa shape index (κ2) is 30.8. The predicted molar refractivity (Wildman–Crippen MR) is 176 cm³/mol. The quantitative estimate of drug-likeness (QED) is 0.0443. The van der Waals surface area contributed by atoms with Gasteiger partial charge in [-0.2, -0.15) is 0 Å². The summed E-state index contributed by atoms with van der Waals surface area (Å²) in [6.45, 7) is 2.82. The van der Waals surface area contributed by atoms with Crippen LogP contribution in [0.2, 0.25) is 0 Å². The van der Waals surface area contributed by atoms with Crippen molar-refractivity contribution in [1.29, 1.82) is 0 Å². The van der Waals surface area contributed by atoms with Crippen molar-refractivity contribution < 1.29 is 53.2 Å². The first-order chi connectivity index (χ1) is 22.1. The normalized spacial score (nSPS) is 14.0. The Bertz CT molecular complexity index is 813. The van der Waals surface area contributed by atoms with Gasteiger partial charge < -0.3 is 30.0 Å². The number of aliphatic carboxylic acids is 1. The van der Waals surface area contributed by atoms with E-state index >= 15 is 0 Å². The molecule has 0 saturated carbocycles. The summed E-state index contributed by atoms with van der Waals surface area (Å²) in [6, 6.07) is -1.38. The van der Waals surface area contributed by atoms with E-state index in [4.69, 9.17) is 14.0 Å². The first-order valence-electron chi connectivity index (χ1n) is 18.1. The van der Waals surface area contributed by atoms with Crippen LogP contribution in [0.25, 0.3) is 0 Å². The number of carbonyl (C=O) groups is 3. The molecule has 272 valence electrons. The molecule has 0 aliphatic heterocycles. The molecule has 3 atom stereocenters. The fourth-order valence-electron chi connectivity index (χ4n) is 4.95. The summed E-state index contributed by atoms with van der Waals surface area (Å²) in [5.41, 5.74) is 3.25. The predicted octanol–water partition coefficient (Wildman–Crippen LogP) is 6.34. The number of ether oxygens (including phenoxy) is 2. The Morgan fingerprint density at radius 1 is 0.609 bits per heavy atom. The zero-order chi connectivity index (χ0) is 34.3. The van der Waals surface area contributed by atoms with Crippen LogP contribution in [0.4, 0.5) is 0 Å². The van der Waals surface area contributed by atoms with Crippen molar-refractivity contribution in [2.24, 2.45) is 0 Å². The number of quaternary nitrogens is 1. The van der Waals surface area contributed by atoms with Crippen LogP contribution in [0.3, 0.4) is 0 Å². The highest BCUT2D eigenvalue weighted by molar-refractivity contribution is 7.47. The lowest BCUT2D eigenvalue weighted by molar-refractivity contribution is -0.440. The molecule has 0 saturated heterocycles. The minimum absolute atomic E-state index is 0.169. The summed E-state index contributed by atoms with van der Waals surface area (Å²) in [6.07, 6.45) is 24.7. The second-order valence-electron chi connectivity index (χ2n) is 12.4. The molecule has 11 nitrogen and oxygen atoms in total. The lowest BCUT2D eigenvalue weighted by atomic mass is 10.1. The Labute approximate surface area is 278 Å². The molecule has 1 unspecified atom stereocenters. The molecular formula is C34H66NO10P. The maximum atomic E-state index is 12.5. The van der Waals surface area contributed by atoms with Gasteiger partial charge in [-0.3, -0.25) is 18.6 Å². The maximum absolute atomic E-state index is 12.5. The molecule has 12 heteroatoms. The minimum atomic E-state index is -4.68. The molecule has 0 fully saturated rings. The lowest BCUT2D eigenvalue weighted by Gasteiger charge is -2.20. The molecule has 0 aromatic rings. The summed E-state index contributed by atoms with van der Waals surface area (Å²) in [4.78, 5) is 45.5. The Morgan fingerprint density at radius 3 is 1.39 bits per heavy atom. The van der Waals surface area contributed by atoms with Crippen LogP contribution in [-0.4, -0.2) is 54.8 Å². The van der Waals surface area contributed by atoms with Crippen LogP contribution in [0.1, 0.15) is 168 Å². The number of carboxylic acid groups (broad SMARTS) is 1.